The summed E-state index contributed by atoms with van der Waals surface area (Å²) in [6, 6.07) is 16.0. The number of rotatable bonds is 4. The first-order chi connectivity index (χ1) is 12.7. The van der Waals surface area contributed by atoms with Gasteiger partial charge in [-0.25, -0.2) is 0 Å². The molecule has 1 saturated heterocycles. The number of hydrogen-bond donors (Lipinski definition) is 0. The maximum Gasteiger partial charge on any atom is 0.256 e. The predicted molar refractivity (Wildman–Crippen MR) is 101 cm³/mol. The van der Waals surface area contributed by atoms with Crippen LogP contribution in [0.15, 0.2) is 60.9 Å². The average molecular weight is 346 g/mol. The van der Waals surface area contributed by atoms with Gasteiger partial charge in [0.15, 0.2) is 0 Å². The van der Waals surface area contributed by atoms with Crippen LogP contribution in [-0.4, -0.2) is 38.2 Å². The van der Waals surface area contributed by atoms with Crippen LogP contribution in [-0.2, 0) is 6.54 Å². The highest BCUT2D eigenvalue weighted by atomic mass is 16.2. The van der Waals surface area contributed by atoms with E-state index in [1.807, 2.05) is 71.2 Å². The molecule has 0 aliphatic carbocycles. The quantitative estimate of drug-likeness (QED) is 0.726. The third-order valence-corrected chi connectivity index (χ3v) is 4.98. The van der Waals surface area contributed by atoms with Gasteiger partial charge in [-0.15, -0.1) is 0 Å². The maximum atomic E-state index is 13.1. The monoisotopic (exact) mass is 346 g/mol. The zero-order chi connectivity index (χ0) is 17.9. The summed E-state index contributed by atoms with van der Waals surface area (Å²) in [5, 5.41) is 4.28. The number of nitrogens with zero attached hydrogens (tertiary/aromatic N) is 4. The molecule has 0 radical (unpaired) electrons. The van der Waals surface area contributed by atoms with Crippen LogP contribution in [0.1, 0.15) is 28.9 Å². The van der Waals surface area contributed by atoms with Crippen molar-refractivity contribution in [2.24, 2.45) is 0 Å². The summed E-state index contributed by atoms with van der Waals surface area (Å²) < 4.78 is 1.90. The number of amides is 1. The molecular weight excluding hydrogens is 324 g/mol. The molecule has 0 N–H and O–H groups in total. The van der Waals surface area contributed by atoms with Crippen molar-refractivity contribution in [2.75, 3.05) is 6.54 Å². The fraction of sp³-hybridized carbons (Fsp3) is 0.286. The molecule has 0 spiro atoms. The second-order valence-electron chi connectivity index (χ2n) is 6.72. The van der Waals surface area contributed by atoms with Crippen LogP contribution in [0.5, 0.6) is 0 Å². The van der Waals surface area contributed by atoms with Gasteiger partial charge in [0.1, 0.15) is 0 Å². The molecule has 4 rings (SSSR count). The predicted octanol–water partition coefficient (Wildman–Crippen LogP) is 3.56. The summed E-state index contributed by atoms with van der Waals surface area (Å²) >= 11 is 0. The topological polar surface area (TPSA) is 51.0 Å². The number of hydrogen-bond acceptors (Lipinski definition) is 3. The van der Waals surface area contributed by atoms with E-state index in [1.165, 1.54) is 0 Å². The van der Waals surface area contributed by atoms with Gasteiger partial charge in [0, 0.05) is 24.5 Å². The van der Waals surface area contributed by atoms with Crippen LogP contribution in [0.25, 0.3) is 11.3 Å². The highest BCUT2D eigenvalue weighted by Crippen LogP contribution is 2.24. The van der Waals surface area contributed by atoms with E-state index >= 15 is 0 Å². The molecule has 5 nitrogen and oxygen atoms in total. The Morgan fingerprint density at radius 1 is 1.15 bits per heavy atom. The Hall–Kier alpha value is -2.95. The lowest BCUT2D eigenvalue weighted by atomic mass is 10.1. The first-order valence-electron chi connectivity index (χ1n) is 9.04. The Morgan fingerprint density at radius 3 is 2.73 bits per heavy atom. The van der Waals surface area contributed by atoms with Gasteiger partial charge in [0.2, 0.25) is 0 Å². The number of likely N-dealkylation sites (tertiary alicyclic amines) is 1. The van der Waals surface area contributed by atoms with Gasteiger partial charge in [-0.05, 0) is 38.0 Å². The molecule has 1 aliphatic rings. The lowest BCUT2D eigenvalue weighted by Crippen LogP contribution is -2.38. The molecular formula is C21H22N4O. The van der Waals surface area contributed by atoms with Gasteiger partial charge in [-0.2, -0.15) is 5.10 Å². The largest absolute Gasteiger partial charge is 0.334 e. The van der Waals surface area contributed by atoms with Crippen LogP contribution in [0.2, 0.25) is 0 Å². The lowest BCUT2D eigenvalue weighted by molar-refractivity contribution is 0.0720. The second-order valence-corrected chi connectivity index (χ2v) is 6.72. The van der Waals surface area contributed by atoms with Gasteiger partial charge in [-0.3, -0.25) is 14.5 Å². The molecule has 3 heterocycles. The van der Waals surface area contributed by atoms with E-state index < -0.39 is 0 Å². The van der Waals surface area contributed by atoms with Crippen molar-refractivity contribution in [2.45, 2.75) is 32.4 Å². The third kappa shape index (κ3) is 3.25. The van der Waals surface area contributed by atoms with Gasteiger partial charge in [-0.1, -0.05) is 30.3 Å². The molecule has 1 aliphatic heterocycles. The number of carbonyl (C=O) groups excluding carboxylic acids is 1. The number of aromatic nitrogens is 3. The van der Waals surface area contributed by atoms with Crippen LogP contribution in [0, 0.1) is 6.92 Å². The minimum Gasteiger partial charge on any atom is -0.334 e. The van der Waals surface area contributed by atoms with E-state index in [4.69, 9.17) is 0 Å². The lowest BCUT2D eigenvalue weighted by Gasteiger charge is -2.25. The number of carbonyl (C=O) groups is 1. The Morgan fingerprint density at radius 2 is 2.00 bits per heavy atom. The van der Waals surface area contributed by atoms with Crippen LogP contribution < -0.4 is 0 Å². The van der Waals surface area contributed by atoms with Gasteiger partial charge >= 0.3 is 0 Å². The SMILES string of the molecule is Cc1nc(-c2ccccc2)ccc1C(=O)N1CCC[C@H]1Cn1cccn1. The maximum absolute atomic E-state index is 13.1. The van der Waals surface area contributed by atoms with Crippen LogP contribution in [0.3, 0.4) is 0 Å². The first kappa shape index (κ1) is 16.5. The molecule has 26 heavy (non-hydrogen) atoms. The summed E-state index contributed by atoms with van der Waals surface area (Å²) in [7, 11) is 0. The number of benzene rings is 1. The molecule has 0 unspecified atom stereocenters. The first-order valence-corrected chi connectivity index (χ1v) is 9.04. The molecule has 0 bridgehead atoms. The molecule has 1 amide bonds. The van der Waals surface area contributed by atoms with E-state index in [0.29, 0.717) is 5.56 Å². The van der Waals surface area contributed by atoms with Crippen molar-refractivity contribution in [3.63, 3.8) is 0 Å². The van der Waals surface area contributed by atoms with Crippen molar-refractivity contribution < 1.29 is 4.79 Å². The molecule has 2 aromatic heterocycles. The Kier molecular flexibility index (Phi) is 4.52. The molecule has 1 atom stereocenters. The molecule has 5 heteroatoms. The minimum atomic E-state index is 0.0734. The highest BCUT2D eigenvalue weighted by Gasteiger charge is 2.30. The standard InChI is InChI=1S/C21H22N4O/c1-16-19(10-11-20(23-16)17-7-3-2-4-8-17)21(26)25-14-5-9-18(25)15-24-13-6-12-22-24/h2-4,6-8,10-13,18H,5,9,14-15H2,1H3/t18-/m0/s1. The normalized spacial score (nSPS) is 16.8. The average Bonchev–Trinajstić information content (AvgIpc) is 3.34. The Balaban J connectivity index is 1.55. The second kappa shape index (κ2) is 7.12. The summed E-state index contributed by atoms with van der Waals surface area (Å²) in [6.45, 7) is 3.45. The van der Waals surface area contributed by atoms with E-state index in [-0.39, 0.29) is 11.9 Å². The summed E-state index contributed by atoms with van der Waals surface area (Å²) in [5.74, 6) is 0.0734. The van der Waals surface area contributed by atoms with Gasteiger partial charge < -0.3 is 4.90 Å². The zero-order valence-electron chi connectivity index (χ0n) is 14.9. The van der Waals surface area contributed by atoms with Crippen LogP contribution in [0.4, 0.5) is 0 Å². The fourth-order valence-corrected chi connectivity index (χ4v) is 3.63. The molecule has 1 aromatic carbocycles. The van der Waals surface area contributed by atoms with Crippen molar-refractivity contribution in [1.82, 2.24) is 19.7 Å². The number of pyridine rings is 1. The summed E-state index contributed by atoms with van der Waals surface area (Å²) in [4.78, 5) is 19.8. The summed E-state index contributed by atoms with van der Waals surface area (Å²) in [5.41, 5.74) is 3.43. The van der Waals surface area contributed by atoms with E-state index in [9.17, 15) is 4.79 Å². The molecule has 0 saturated carbocycles. The van der Waals surface area contributed by atoms with Crippen molar-refractivity contribution in [1.29, 1.82) is 0 Å². The van der Waals surface area contributed by atoms with Gasteiger partial charge in [0.25, 0.3) is 5.91 Å². The van der Waals surface area contributed by atoms with E-state index in [0.717, 1.165) is 42.9 Å². The van der Waals surface area contributed by atoms with E-state index in [2.05, 4.69) is 10.1 Å². The van der Waals surface area contributed by atoms with Gasteiger partial charge in [0.05, 0.1) is 29.5 Å². The third-order valence-electron chi connectivity index (χ3n) is 4.98. The minimum absolute atomic E-state index is 0.0734. The van der Waals surface area contributed by atoms with Crippen LogP contribution >= 0.6 is 0 Å². The van der Waals surface area contributed by atoms with Crippen molar-refractivity contribution in [3.8, 4) is 11.3 Å². The molecule has 3 aromatic rings. The fourth-order valence-electron chi connectivity index (χ4n) is 3.63. The Labute approximate surface area is 153 Å². The molecule has 1 fully saturated rings. The Bertz CT molecular complexity index is 890. The molecule has 132 valence electrons. The van der Waals surface area contributed by atoms with Crippen molar-refractivity contribution in [3.05, 3.63) is 72.2 Å². The summed E-state index contributed by atoms with van der Waals surface area (Å²) in [6.07, 6.45) is 5.77. The highest BCUT2D eigenvalue weighted by molar-refractivity contribution is 5.96. The van der Waals surface area contributed by atoms with Crippen molar-refractivity contribution >= 4 is 5.91 Å². The van der Waals surface area contributed by atoms with E-state index in [1.54, 1.807) is 6.20 Å². The zero-order valence-corrected chi connectivity index (χ0v) is 14.9. The smallest absolute Gasteiger partial charge is 0.256 e. The number of aryl methyl sites for hydroxylation is 1.